The molecule has 0 bridgehead atoms. The second-order valence-corrected chi connectivity index (χ2v) is 4.03. The molecule has 0 rings (SSSR count). The third kappa shape index (κ3) is 2.09. The van der Waals surface area contributed by atoms with E-state index in [-0.39, 0.29) is 23.4 Å². The molecule has 2 nitrogen and oxygen atoms in total. The quantitative estimate of drug-likeness (QED) is 0.497. The average Bonchev–Trinajstić information content (AvgIpc) is 2.16. The predicted molar refractivity (Wildman–Crippen MR) is 62.5 cm³/mol. The van der Waals surface area contributed by atoms with E-state index in [0.717, 1.165) is 0 Å². The van der Waals surface area contributed by atoms with Crippen LogP contribution in [-0.2, 0) is 9.59 Å². The van der Waals surface area contributed by atoms with E-state index in [4.69, 9.17) is 0 Å². The van der Waals surface area contributed by atoms with Gasteiger partial charge < -0.3 is 0 Å². The Hall–Kier alpha value is -1.18. The molecule has 0 saturated carbocycles. The van der Waals surface area contributed by atoms with Gasteiger partial charge in [-0.3, -0.25) is 9.59 Å². The van der Waals surface area contributed by atoms with Crippen molar-refractivity contribution >= 4 is 11.6 Å². The van der Waals surface area contributed by atoms with Crippen LogP contribution in [0.5, 0.6) is 0 Å². The zero-order chi connectivity index (χ0) is 12.2. The molecule has 0 saturated heterocycles. The Balaban J connectivity index is 5.67. The van der Waals surface area contributed by atoms with Crippen molar-refractivity contribution in [1.82, 2.24) is 0 Å². The van der Waals surface area contributed by atoms with Gasteiger partial charge in [0.15, 0.2) is 0 Å². The Morgan fingerprint density at radius 1 is 1.00 bits per heavy atom. The molecular weight excluding hydrogens is 188 g/mol. The Morgan fingerprint density at radius 3 is 1.40 bits per heavy atom. The number of carbonyl (C=O) groups excluding carboxylic acids is 2. The average molecular weight is 208 g/mol. The monoisotopic (exact) mass is 208 g/mol. The number of ketones is 2. The predicted octanol–water partition coefficient (Wildman–Crippen LogP) is 2.80. The first-order valence-corrected chi connectivity index (χ1v) is 5.12. The van der Waals surface area contributed by atoms with Crippen molar-refractivity contribution in [3.05, 3.63) is 25.3 Å². The number of allylic oxidation sites excluding steroid dienone is 2. The SMILES string of the molecule is C=CC(C)C(C(C)=O)(C(C)=O)C(C)C=C. The number of carbonyl (C=O) groups is 2. The summed E-state index contributed by atoms with van der Waals surface area (Å²) in [6.07, 6.45) is 3.31. The van der Waals surface area contributed by atoms with Gasteiger partial charge in [-0.1, -0.05) is 26.0 Å². The topological polar surface area (TPSA) is 34.1 Å². The first-order valence-electron chi connectivity index (χ1n) is 5.12. The highest BCUT2D eigenvalue weighted by Gasteiger charge is 2.47. The van der Waals surface area contributed by atoms with Crippen molar-refractivity contribution < 1.29 is 9.59 Å². The summed E-state index contributed by atoms with van der Waals surface area (Å²) in [4.78, 5) is 23.6. The van der Waals surface area contributed by atoms with Crippen LogP contribution in [0, 0.1) is 17.3 Å². The lowest BCUT2D eigenvalue weighted by Gasteiger charge is -2.37. The fourth-order valence-corrected chi connectivity index (χ4v) is 2.32. The molecule has 2 heteroatoms. The molecule has 0 spiro atoms. The van der Waals surface area contributed by atoms with Gasteiger partial charge in [0, 0.05) is 0 Å². The fraction of sp³-hybridized carbons (Fsp3) is 0.538. The third-order valence-corrected chi connectivity index (χ3v) is 3.31. The van der Waals surface area contributed by atoms with Gasteiger partial charge in [0.05, 0.1) is 5.41 Å². The molecule has 0 fully saturated rings. The molecule has 0 aromatic carbocycles. The minimum absolute atomic E-state index is 0.116. The van der Waals surface area contributed by atoms with Gasteiger partial charge in [0.25, 0.3) is 0 Å². The minimum Gasteiger partial charge on any atom is -0.299 e. The largest absolute Gasteiger partial charge is 0.299 e. The van der Waals surface area contributed by atoms with Crippen molar-refractivity contribution in [2.75, 3.05) is 0 Å². The van der Waals surface area contributed by atoms with Crippen molar-refractivity contribution in [3.8, 4) is 0 Å². The lowest BCUT2D eigenvalue weighted by molar-refractivity contribution is -0.143. The van der Waals surface area contributed by atoms with Crippen molar-refractivity contribution in [3.63, 3.8) is 0 Å². The van der Waals surface area contributed by atoms with Gasteiger partial charge in [-0.05, 0) is 25.7 Å². The van der Waals surface area contributed by atoms with E-state index in [1.807, 2.05) is 13.8 Å². The van der Waals surface area contributed by atoms with Crippen LogP contribution in [0.15, 0.2) is 25.3 Å². The smallest absolute Gasteiger partial charge is 0.144 e. The van der Waals surface area contributed by atoms with E-state index >= 15 is 0 Å². The molecule has 0 aliphatic carbocycles. The molecule has 0 aromatic heterocycles. The van der Waals surface area contributed by atoms with Gasteiger partial charge in [0.2, 0.25) is 0 Å². The molecule has 0 radical (unpaired) electrons. The van der Waals surface area contributed by atoms with Crippen molar-refractivity contribution in [2.24, 2.45) is 17.3 Å². The molecule has 0 N–H and O–H groups in total. The van der Waals surface area contributed by atoms with Crippen molar-refractivity contribution in [1.29, 1.82) is 0 Å². The van der Waals surface area contributed by atoms with Crippen LogP contribution < -0.4 is 0 Å². The molecule has 84 valence electrons. The molecule has 0 aromatic rings. The van der Waals surface area contributed by atoms with Crippen molar-refractivity contribution in [2.45, 2.75) is 27.7 Å². The normalized spacial score (nSPS) is 15.2. The highest BCUT2D eigenvalue weighted by molar-refractivity contribution is 6.06. The molecule has 0 aliphatic heterocycles. The maximum atomic E-state index is 11.8. The van der Waals surface area contributed by atoms with Crippen LogP contribution in [0.25, 0.3) is 0 Å². The zero-order valence-corrected chi connectivity index (χ0v) is 10.0. The highest BCUT2D eigenvalue weighted by Crippen LogP contribution is 2.39. The van der Waals surface area contributed by atoms with E-state index in [9.17, 15) is 9.59 Å². The second kappa shape index (κ2) is 5.06. The Bertz CT molecular complexity index is 259. The summed E-state index contributed by atoms with van der Waals surface area (Å²) in [6.45, 7) is 13.9. The van der Waals surface area contributed by atoms with Gasteiger partial charge in [-0.2, -0.15) is 0 Å². The second-order valence-electron chi connectivity index (χ2n) is 4.03. The summed E-state index contributed by atoms with van der Waals surface area (Å²) < 4.78 is 0. The van der Waals surface area contributed by atoms with Crippen LogP contribution in [0.3, 0.4) is 0 Å². The number of Topliss-reactive ketones (excluding diaryl/α,β-unsaturated/α-hetero) is 2. The van der Waals surface area contributed by atoms with E-state index in [1.54, 1.807) is 12.2 Å². The summed E-state index contributed by atoms with van der Waals surface area (Å²) in [5.41, 5.74) is -0.997. The highest BCUT2D eigenvalue weighted by atomic mass is 16.2. The summed E-state index contributed by atoms with van der Waals surface area (Å²) in [7, 11) is 0. The van der Waals surface area contributed by atoms with E-state index in [2.05, 4.69) is 13.2 Å². The summed E-state index contributed by atoms with van der Waals surface area (Å²) in [5, 5.41) is 0. The van der Waals surface area contributed by atoms with E-state index in [1.165, 1.54) is 13.8 Å². The molecule has 0 aliphatic rings. The molecular formula is C13H20O2. The van der Waals surface area contributed by atoms with Gasteiger partial charge >= 0.3 is 0 Å². The standard InChI is InChI=1S/C13H20O2/c1-7-9(3)13(11(5)14,12(6)15)10(4)8-2/h7-10H,1-2H2,3-6H3. The maximum absolute atomic E-state index is 11.8. The van der Waals surface area contributed by atoms with Crippen LogP contribution in [0.2, 0.25) is 0 Å². The summed E-state index contributed by atoms with van der Waals surface area (Å²) in [5.74, 6) is -0.592. The third-order valence-electron chi connectivity index (χ3n) is 3.31. The van der Waals surface area contributed by atoms with Gasteiger partial charge in [-0.25, -0.2) is 0 Å². The number of hydrogen-bond donors (Lipinski definition) is 0. The Labute approximate surface area is 92.1 Å². The molecule has 0 amide bonds. The Morgan fingerprint density at radius 2 is 1.27 bits per heavy atom. The molecule has 0 heterocycles. The lowest BCUT2D eigenvalue weighted by Crippen LogP contribution is -2.46. The molecule has 2 unspecified atom stereocenters. The zero-order valence-electron chi connectivity index (χ0n) is 10.0. The minimum atomic E-state index is -0.997. The summed E-state index contributed by atoms with van der Waals surface area (Å²) >= 11 is 0. The first kappa shape index (κ1) is 13.8. The molecule has 2 atom stereocenters. The number of hydrogen-bond acceptors (Lipinski definition) is 2. The first-order chi connectivity index (χ1) is 6.85. The Kier molecular flexibility index (Phi) is 4.66. The lowest BCUT2D eigenvalue weighted by atomic mass is 9.63. The summed E-state index contributed by atoms with van der Waals surface area (Å²) in [6, 6.07) is 0. The fourth-order valence-electron chi connectivity index (χ4n) is 2.32. The van der Waals surface area contributed by atoms with Crippen LogP contribution in [0.4, 0.5) is 0 Å². The van der Waals surface area contributed by atoms with Gasteiger partial charge in [0.1, 0.15) is 11.6 Å². The van der Waals surface area contributed by atoms with Crippen LogP contribution >= 0.6 is 0 Å². The van der Waals surface area contributed by atoms with E-state index in [0.29, 0.717) is 0 Å². The van der Waals surface area contributed by atoms with Crippen LogP contribution in [0.1, 0.15) is 27.7 Å². The van der Waals surface area contributed by atoms with Crippen LogP contribution in [-0.4, -0.2) is 11.6 Å². The number of rotatable bonds is 6. The van der Waals surface area contributed by atoms with E-state index < -0.39 is 5.41 Å². The maximum Gasteiger partial charge on any atom is 0.144 e. The van der Waals surface area contributed by atoms with Gasteiger partial charge in [-0.15, -0.1) is 13.2 Å². The molecule has 15 heavy (non-hydrogen) atoms.